The zero-order chi connectivity index (χ0) is 15.2. The van der Waals surface area contributed by atoms with E-state index in [1.807, 2.05) is 14.1 Å². The third-order valence-corrected chi connectivity index (χ3v) is 6.97. The lowest BCUT2D eigenvalue weighted by Gasteiger charge is -2.34. The molecule has 6 nitrogen and oxygen atoms in total. The molecule has 0 aliphatic carbocycles. The number of piperidine rings is 1. The second-order valence-electron chi connectivity index (χ2n) is 5.36. The molecule has 1 aliphatic rings. The minimum absolute atomic E-state index is 0.0524. The van der Waals surface area contributed by atoms with E-state index in [0.717, 1.165) is 12.8 Å². The Labute approximate surface area is 133 Å². The summed E-state index contributed by atoms with van der Waals surface area (Å²) in [6.45, 7) is 1.03. The van der Waals surface area contributed by atoms with Gasteiger partial charge in [-0.25, -0.2) is 13.4 Å². The minimum Gasteiger partial charge on any atom is -0.306 e. The maximum Gasteiger partial charge on any atom is 0.262 e. The molecule has 0 spiro atoms. The van der Waals surface area contributed by atoms with Crippen molar-refractivity contribution in [2.45, 2.75) is 23.9 Å². The number of aromatic nitrogens is 2. The molecule has 116 valence electrons. The van der Waals surface area contributed by atoms with Crippen LogP contribution in [0.2, 0.25) is 5.15 Å². The zero-order valence-corrected chi connectivity index (χ0v) is 14.2. The molecular weight excluding hydrogens is 332 g/mol. The van der Waals surface area contributed by atoms with Crippen LogP contribution in [0.1, 0.15) is 12.8 Å². The molecular formula is C12H17ClN4O2S2. The maximum atomic E-state index is 12.8. The highest BCUT2D eigenvalue weighted by Gasteiger charge is 2.34. The van der Waals surface area contributed by atoms with Gasteiger partial charge in [0, 0.05) is 30.7 Å². The predicted octanol–water partition coefficient (Wildman–Crippen LogP) is 1.76. The molecule has 1 saturated heterocycles. The molecule has 0 saturated carbocycles. The van der Waals surface area contributed by atoms with Crippen molar-refractivity contribution in [2.24, 2.45) is 0 Å². The molecule has 0 radical (unpaired) electrons. The zero-order valence-electron chi connectivity index (χ0n) is 11.9. The number of hydrogen-bond acceptors (Lipinski definition) is 5. The second kappa shape index (κ2) is 5.51. The van der Waals surface area contributed by atoms with Gasteiger partial charge in [-0.05, 0) is 26.9 Å². The molecule has 0 N–H and O–H groups in total. The number of sulfonamides is 1. The van der Waals surface area contributed by atoms with Crippen molar-refractivity contribution in [3.8, 4) is 0 Å². The van der Waals surface area contributed by atoms with Gasteiger partial charge in [-0.3, -0.25) is 4.40 Å². The van der Waals surface area contributed by atoms with Crippen LogP contribution in [0.25, 0.3) is 4.96 Å². The summed E-state index contributed by atoms with van der Waals surface area (Å²) < 4.78 is 28.7. The summed E-state index contributed by atoms with van der Waals surface area (Å²) in [6.07, 6.45) is 3.35. The van der Waals surface area contributed by atoms with Crippen LogP contribution in [0, 0.1) is 0 Å². The van der Waals surface area contributed by atoms with Crippen molar-refractivity contribution >= 4 is 37.9 Å². The lowest BCUT2D eigenvalue weighted by molar-refractivity contribution is 0.196. The molecule has 21 heavy (non-hydrogen) atoms. The Bertz CT molecular complexity index is 744. The van der Waals surface area contributed by atoms with Crippen LogP contribution in [0.5, 0.6) is 0 Å². The van der Waals surface area contributed by atoms with Crippen molar-refractivity contribution in [2.75, 3.05) is 27.2 Å². The topological polar surface area (TPSA) is 57.9 Å². The quantitative estimate of drug-likeness (QED) is 0.848. The highest BCUT2D eigenvalue weighted by Crippen LogP contribution is 2.29. The van der Waals surface area contributed by atoms with E-state index in [0.29, 0.717) is 24.1 Å². The lowest BCUT2D eigenvalue weighted by Crippen LogP contribution is -2.44. The first-order chi connectivity index (χ1) is 9.91. The molecule has 0 aromatic carbocycles. The smallest absolute Gasteiger partial charge is 0.262 e. The Morgan fingerprint density at radius 2 is 2.05 bits per heavy atom. The normalized spacial score (nSPS) is 18.9. The van der Waals surface area contributed by atoms with Crippen LogP contribution in [-0.2, 0) is 10.0 Å². The van der Waals surface area contributed by atoms with Crippen molar-refractivity contribution < 1.29 is 8.42 Å². The second-order valence-corrected chi connectivity index (χ2v) is 8.45. The van der Waals surface area contributed by atoms with Crippen LogP contribution in [0.4, 0.5) is 0 Å². The molecule has 2 aromatic rings. The average molecular weight is 349 g/mol. The molecule has 3 heterocycles. The highest BCUT2D eigenvalue weighted by atomic mass is 35.5. The summed E-state index contributed by atoms with van der Waals surface area (Å²) in [7, 11) is 0.446. The molecule has 3 rings (SSSR count). The number of hydrogen-bond donors (Lipinski definition) is 0. The van der Waals surface area contributed by atoms with E-state index < -0.39 is 10.0 Å². The van der Waals surface area contributed by atoms with Gasteiger partial charge in [0.25, 0.3) is 10.0 Å². The number of halogens is 1. The van der Waals surface area contributed by atoms with Gasteiger partial charge >= 0.3 is 0 Å². The first-order valence-electron chi connectivity index (χ1n) is 6.69. The van der Waals surface area contributed by atoms with E-state index in [-0.39, 0.29) is 10.2 Å². The Balaban J connectivity index is 1.91. The van der Waals surface area contributed by atoms with Gasteiger partial charge < -0.3 is 4.90 Å². The largest absolute Gasteiger partial charge is 0.306 e. The highest BCUT2D eigenvalue weighted by molar-refractivity contribution is 7.89. The van der Waals surface area contributed by atoms with Crippen LogP contribution >= 0.6 is 22.9 Å². The SMILES string of the molecule is CN(C)C1CCN(S(=O)(=O)c2c(Cl)nc3sccn23)CC1. The first-order valence-corrected chi connectivity index (χ1v) is 9.38. The lowest BCUT2D eigenvalue weighted by atomic mass is 10.1. The van der Waals surface area contributed by atoms with Crippen molar-refractivity contribution in [1.29, 1.82) is 0 Å². The fourth-order valence-corrected chi connectivity index (χ4v) is 5.57. The summed E-state index contributed by atoms with van der Waals surface area (Å²) in [6, 6.07) is 0.429. The van der Waals surface area contributed by atoms with Gasteiger partial charge in [0.05, 0.1) is 0 Å². The van der Waals surface area contributed by atoms with Gasteiger partial charge in [0.15, 0.2) is 15.1 Å². The number of imidazole rings is 1. The summed E-state index contributed by atoms with van der Waals surface area (Å²) in [4.78, 5) is 6.85. The van der Waals surface area contributed by atoms with E-state index >= 15 is 0 Å². The molecule has 0 atom stereocenters. The average Bonchev–Trinajstić information content (AvgIpc) is 2.98. The molecule has 1 aliphatic heterocycles. The van der Waals surface area contributed by atoms with Crippen LogP contribution in [0.3, 0.4) is 0 Å². The summed E-state index contributed by atoms with van der Waals surface area (Å²) in [5, 5.41) is 1.94. The van der Waals surface area contributed by atoms with Crippen LogP contribution in [0.15, 0.2) is 16.6 Å². The molecule has 1 fully saturated rings. The van der Waals surface area contributed by atoms with Crippen LogP contribution < -0.4 is 0 Å². The number of rotatable bonds is 3. The van der Waals surface area contributed by atoms with Gasteiger partial charge in [0.1, 0.15) is 0 Å². The van der Waals surface area contributed by atoms with Gasteiger partial charge in [0.2, 0.25) is 0 Å². The molecule has 0 bridgehead atoms. The Kier molecular flexibility index (Phi) is 4.00. The van der Waals surface area contributed by atoms with E-state index in [1.165, 1.54) is 15.6 Å². The summed E-state index contributed by atoms with van der Waals surface area (Å²) in [5.41, 5.74) is 0. The monoisotopic (exact) mass is 348 g/mol. The summed E-state index contributed by atoms with van der Waals surface area (Å²) >= 11 is 7.42. The standard InChI is InChI=1S/C12H17ClN4O2S2/c1-15(2)9-3-5-16(6-4-9)21(18,19)11-10(13)14-12-17(11)7-8-20-12/h7-9H,3-6H2,1-2H3. The molecule has 2 aromatic heterocycles. The number of nitrogens with zero attached hydrogens (tertiary/aromatic N) is 4. The van der Waals surface area contributed by atoms with Crippen molar-refractivity contribution in [3.05, 3.63) is 16.7 Å². The molecule has 0 amide bonds. The molecule has 9 heteroatoms. The predicted molar refractivity (Wildman–Crippen MR) is 83.5 cm³/mol. The third-order valence-electron chi connectivity index (χ3n) is 3.92. The fraction of sp³-hybridized carbons (Fsp3) is 0.583. The van der Waals surface area contributed by atoms with Crippen molar-refractivity contribution in [1.82, 2.24) is 18.6 Å². The van der Waals surface area contributed by atoms with E-state index in [1.54, 1.807) is 16.0 Å². The number of thiazole rings is 1. The fourth-order valence-electron chi connectivity index (χ4n) is 2.69. The Morgan fingerprint density at radius 3 is 2.67 bits per heavy atom. The van der Waals surface area contributed by atoms with E-state index in [4.69, 9.17) is 11.6 Å². The van der Waals surface area contributed by atoms with E-state index in [9.17, 15) is 8.42 Å². The van der Waals surface area contributed by atoms with Crippen molar-refractivity contribution in [3.63, 3.8) is 0 Å². The third kappa shape index (κ3) is 2.59. The Morgan fingerprint density at radius 1 is 1.38 bits per heavy atom. The maximum absolute atomic E-state index is 12.8. The minimum atomic E-state index is -3.61. The van der Waals surface area contributed by atoms with Gasteiger partial charge in [-0.1, -0.05) is 11.6 Å². The summed E-state index contributed by atoms with van der Waals surface area (Å²) in [5.74, 6) is 0. The van der Waals surface area contributed by atoms with Gasteiger partial charge in [-0.2, -0.15) is 4.31 Å². The first kappa shape index (κ1) is 15.2. The molecule has 0 unspecified atom stereocenters. The van der Waals surface area contributed by atoms with Gasteiger partial charge in [-0.15, -0.1) is 11.3 Å². The Hall–Kier alpha value is -0.670. The number of fused-ring (bicyclic) bond motifs is 1. The van der Waals surface area contributed by atoms with Crippen LogP contribution in [-0.4, -0.2) is 60.2 Å². The van der Waals surface area contributed by atoms with E-state index in [2.05, 4.69) is 9.88 Å².